The molecular weight excluding hydrogens is 404 g/mol. The van der Waals surface area contributed by atoms with E-state index in [1.54, 1.807) is 0 Å². The van der Waals surface area contributed by atoms with Crippen LogP contribution in [0.15, 0.2) is 70.6 Å². The third-order valence-corrected chi connectivity index (χ3v) is 5.73. The highest BCUT2D eigenvalue weighted by atomic mass is 79.9. The maximum absolute atomic E-state index is 12.4. The Balaban J connectivity index is 2.10. The van der Waals surface area contributed by atoms with Gasteiger partial charge in [0.1, 0.15) is 0 Å². The molecule has 0 radical (unpaired) electrons. The van der Waals surface area contributed by atoms with Crippen LogP contribution in [0.4, 0.5) is 0 Å². The van der Waals surface area contributed by atoms with Gasteiger partial charge in [0, 0.05) is 16.6 Å². The number of nitrogens with one attached hydrogen (secondary N) is 2. The van der Waals surface area contributed by atoms with E-state index in [1.807, 2.05) is 31.2 Å². The van der Waals surface area contributed by atoms with Crippen LogP contribution in [0.1, 0.15) is 28.9 Å². The zero-order valence-corrected chi connectivity index (χ0v) is 16.1. The van der Waals surface area contributed by atoms with E-state index >= 15 is 0 Å². The summed E-state index contributed by atoms with van der Waals surface area (Å²) < 4.78 is 27.3. The van der Waals surface area contributed by atoms with Crippen LogP contribution in [0, 0.1) is 0 Å². The van der Waals surface area contributed by atoms with Crippen molar-refractivity contribution in [2.75, 3.05) is 6.54 Å². The Bertz CT molecular complexity index is 864. The standard InChI is InChI=1S/C18H19BrN2O3S/c1-3-12-20-25(23,24)15-10-8-14(9-11-15)18(22)21-13(2)16-6-4-5-7-17(16)19/h3-11,13,20H,1,12H2,2H3,(H,21,22). The Kier molecular flexibility index (Phi) is 6.52. The highest BCUT2D eigenvalue weighted by Crippen LogP contribution is 2.23. The first kappa shape index (κ1) is 19.4. The molecule has 0 heterocycles. The molecular formula is C18H19BrN2O3S. The summed E-state index contributed by atoms with van der Waals surface area (Å²) >= 11 is 3.46. The zero-order chi connectivity index (χ0) is 18.4. The predicted octanol–water partition coefficient (Wildman–Crippen LogP) is 3.40. The molecule has 2 rings (SSSR count). The van der Waals surface area contributed by atoms with Crippen molar-refractivity contribution in [3.63, 3.8) is 0 Å². The quantitative estimate of drug-likeness (QED) is 0.671. The Labute approximate surface area is 156 Å². The molecule has 0 aromatic heterocycles. The van der Waals surface area contributed by atoms with Gasteiger partial charge in [-0.2, -0.15) is 0 Å². The van der Waals surface area contributed by atoms with Gasteiger partial charge in [-0.05, 0) is 42.8 Å². The van der Waals surface area contributed by atoms with Gasteiger partial charge < -0.3 is 5.32 Å². The van der Waals surface area contributed by atoms with Crippen molar-refractivity contribution in [2.45, 2.75) is 17.9 Å². The number of carbonyl (C=O) groups excluding carboxylic acids is 1. The second-order valence-corrected chi connectivity index (χ2v) is 8.00. The van der Waals surface area contributed by atoms with Crippen LogP contribution in [0.3, 0.4) is 0 Å². The molecule has 0 aliphatic rings. The smallest absolute Gasteiger partial charge is 0.251 e. The highest BCUT2D eigenvalue weighted by molar-refractivity contribution is 9.10. The largest absolute Gasteiger partial charge is 0.345 e. The summed E-state index contributed by atoms with van der Waals surface area (Å²) in [6.45, 7) is 5.50. The van der Waals surface area contributed by atoms with Gasteiger partial charge in [-0.25, -0.2) is 13.1 Å². The third-order valence-electron chi connectivity index (χ3n) is 3.56. The minimum atomic E-state index is -3.60. The van der Waals surface area contributed by atoms with E-state index in [9.17, 15) is 13.2 Å². The summed E-state index contributed by atoms with van der Waals surface area (Å²) in [4.78, 5) is 12.5. The molecule has 2 aromatic carbocycles. The van der Waals surface area contributed by atoms with Crippen molar-refractivity contribution >= 4 is 31.9 Å². The minimum absolute atomic E-state index is 0.102. The van der Waals surface area contributed by atoms with Crippen molar-refractivity contribution in [3.05, 3.63) is 76.8 Å². The summed E-state index contributed by atoms with van der Waals surface area (Å²) in [6.07, 6.45) is 1.46. The first-order valence-corrected chi connectivity index (χ1v) is 9.88. The minimum Gasteiger partial charge on any atom is -0.345 e. The predicted molar refractivity (Wildman–Crippen MR) is 102 cm³/mol. The van der Waals surface area contributed by atoms with Crippen LogP contribution in [-0.4, -0.2) is 20.9 Å². The molecule has 132 valence electrons. The highest BCUT2D eigenvalue weighted by Gasteiger charge is 2.16. The van der Waals surface area contributed by atoms with Crippen LogP contribution < -0.4 is 10.0 Å². The van der Waals surface area contributed by atoms with Crippen LogP contribution >= 0.6 is 15.9 Å². The number of hydrogen-bond acceptors (Lipinski definition) is 3. The SMILES string of the molecule is C=CCNS(=O)(=O)c1ccc(C(=O)NC(C)c2ccccc2Br)cc1. The summed E-state index contributed by atoms with van der Waals surface area (Å²) in [7, 11) is -3.60. The molecule has 2 N–H and O–H groups in total. The maximum Gasteiger partial charge on any atom is 0.251 e. The van der Waals surface area contributed by atoms with Gasteiger partial charge >= 0.3 is 0 Å². The van der Waals surface area contributed by atoms with Gasteiger partial charge in [-0.15, -0.1) is 6.58 Å². The van der Waals surface area contributed by atoms with Gasteiger partial charge in [0.05, 0.1) is 10.9 Å². The van der Waals surface area contributed by atoms with E-state index in [1.165, 1.54) is 30.3 Å². The summed E-state index contributed by atoms with van der Waals surface area (Å²) in [6, 6.07) is 13.2. The van der Waals surface area contributed by atoms with Gasteiger partial charge in [0.25, 0.3) is 5.91 Å². The van der Waals surface area contributed by atoms with Crippen LogP contribution in [-0.2, 0) is 10.0 Å². The number of sulfonamides is 1. The maximum atomic E-state index is 12.4. The second kappa shape index (κ2) is 8.42. The van der Waals surface area contributed by atoms with Crippen molar-refractivity contribution in [1.82, 2.24) is 10.0 Å². The van der Waals surface area contributed by atoms with Crippen molar-refractivity contribution in [3.8, 4) is 0 Å². The lowest BCUT2D eigenvalue weighted by Gasteiger charge is -2.16. The Morgan fingerprint density at radius 3 is 2.44 bits per heavy atom. The normalized spacial score (nSPS) is 12.4. The van der Waals surface area contributed by atoms with Gasteiger partial charge in [0.15, 0.2) is 0 Å². The van der Waals surface area contributed by atoms with Crippen LogP contribution in [0.5, 0.6) is 0 Å². The number of hydrogen-bond donors (Lipinski definition) is 2. The third kappa shape index (κ3) is 5.01. The molecule has 0 aliphatic carbocycles. The monoisotopic (exact) mass is 422 g/mol. The van der Waals surface area contributed by atoms with Crippen LogP contribution in [0.2, 0.25) is 0 Å². The van der Waals surface area contributed by atoms with E-state index < -0.39 is 10.0 Å². The Morgan fingerprint density at radius 1 is 1.20 bits per heavy atom. The average Bonchev–Trinajstić information content (AvgIpc) is 2.60. The van der Waals surface area contributed by atoms with Gasteiger partial charge in [-0.3, -0.25) is 4.79 Å². The summed E-state index contributed by atoms with van der Waals surface area (Å²) in [5.74, 6) is -0.272. The average molecular weight is 423 g/mol. The summed E-state index contributed by atoms with van der Waals surface area (Å²) in [5, 5.41) is 2.90. The molecule has 2 aromatic rings. The molecule has 0 aliphatic heterocycles. The molecule has 0 saturated heterocycles. The molecule has 25 heavy (non-hydrogen) atoms. The fourth-order valence-corrected chi connectivity index (χ4v) is 3.85. The topological polar surface area (TPSA) is 75.3 Å². The lowest BCUT2D eigenvalue weighted by molar-refractivity contribution is 0.0939. The molecule has 1 unspecified atom stereocenters. The zero-order valence-electron chi connectivity index (χ0n) is 13.7. The lowest BCUT2D eigenvalue weighted by Crippen LogP contribution is -2.27. The summed E-state index contributed by atoms with van der Waals surface area (Å²) in [5.41, 5.74) is 1.35. The Hall–Kier alpha value is -1.96. The van der Waals surface area contributed by atoms with E-state index in [4.69, 9.17) is 0 Å². The molecule has 0 fully saturated rings. The van der Waals surface area contributed by atoms with Gasteiger partial charge in [0.2, 0.25) is 10.0 Å². The number of halogens is 1. The molecule has 0 saturated carbocycles. The first-order chi connectivity index (χ1) is 11.8. The lowest BCUT2D eigenvalue weighted by atomic mass is 10.1. The first-order valence-electron chi connectivity index (χ1n) is 7.61. The fraction of sp³-hybridized carbons (Fsp3) is 0.167. The fourth-order valence-electron chi connectivity index (χ4n) is 2.22. The molecule has 1 atom stereocenters. The molecule has 1 amide bonds. The number of amides is 1. The van der Waals surface area contributed by atoms with Crippen molar-refractivity contribution in [2.24, 2.45) is 0 Å². The van der Waals surface area contributed by atoms with Gasteiger partial charge in [-0.1, -0.05) is 40.2 Å². The molecule has 5 nitrogen and oxygen atoms in total. The molecule has 7 heteroatoms. The number of rotatable bonds is 7. The molecule has 0 bridgehead atoms. The van der Waals surface area contributed by atoms with E-state index in [0.717, 1.165) is 10.0 Å². The second-order valence-electron chi connectivity index (χ2n) is 5.38. The number of benzene rings is 2. The Morgan fingerprint density at radius 2 is 1.84 bits per heavy atom. The van der Waals surface area contributed by atoms with E-state index in [-0.39, 0.29) is 23.4 Å². The van der Waals surface area contributed by atoms with Crippen molar-refractivity contribution < 1.29 is 13.2 Å². The molecule has 0 spiro atoms. The van der Waals surface area contributed by atoms with E-state index in [2.05, 4.69) is 32.5 Å². The number of carbonyl (C=O) groups is 1. The van der Waals surface area contributed by atoms with E-state index in [0.29, 0.717) is 5.56 Å². The van der Waals surface area contributed by atoms with Crippen LogP contribution in [0.25, 0.3) is 0 Å². The van der Waals surface area contributed by atoms with Crippen molar-refractivity contribution in [1.29, 1.82) is 0 Å².